The third kappa shape index (κ3) is 4.39. The van der Waals surface area contributed by atoms with Crippen molar-refractivity contribution < 1.29 is 19.2 Å². The van der Waals surface area contributed by atoms with Crippen molar-refractivity contribution >= 4 is 11.9 Å². The quantitative estimate of drug-likeness (QED) is 0.780. The summed E-state index contributed by atoms with van der Waals surface area (Å²) in [5.74, 6) is -0.995. The number of carbonyl (C=O) groups is 2. The highest BCUT2D eigenvalue weighted by molar-refractivity contribution is 5.80. The molecule has 0 spiro atoms. The molecule has 1 amide bonds. The number of carbonyl (C=O) groups excluding carboxylic acids is 1. The fraction of sp³-hybridized carbons (Fsp3) is 0.615. The number of aryl methyl sites for hydroxylation is 2. The van der Waals surface area contributed by atoms with E-state index < -0.39 is 11.9 Å². The zero-order chi connectivity index (χ0) is 14.4. The highest BCUT2D eigenvalue weighted by Gasteiger charge is 2.18. The minimum atomic E-state index is -0.875. The predicted molar refractivity (Wildman–Crippen MR) is 68.7 cm³/mol. The Labute approximate surface area is 112 Å². The van der Waals surface area contributed by atoms with Gasteiger partial charge in [-0.3, -0.25) is 9.59 Å². The Kier molecular flexibility index (Phi) is 5.54. The highest BCUT2D eigenvalue weighted by atomic mass is 16.5. The average molecular weight is 268 g/mol. The molecule has 1 atom stereocenters. The first-order valence-electron chi connectivity index (χ1n) is 6.37. The number of carboxylic acid groups (broad SMARTS) is 1. The highest BCUT2D eigenvalue weighted by Crippen LogP contribution is 2.13. The van der Waals surface area contributed by atoms with Crippen molar-refractivity contribution in [2.24, 2.45) is 5.92 Å². The van der Waals surface area contributed by atoms with Crippen LogP contribution in [0.25, 0.3) is 0 Å². The van der Waals surface area contributed by atoms with Gasteiger partial charge in [0.15, 0.2) is 0 Å². The van der Waals surface area contributed by atoms with Gasteiger partial charge in [-0.2, -0.15) is 0 Å². The van der Waals surface area contributed by atoms with Crippen molar-refractivity contribution in [3.63, 3.8) is 0 Å². The standard InChI is InChI=1S/C13H20N2O4/c1-4-5-10(13(17)18)7-14-12(16)6-11-8(2)15-19-9(11)3/h10H,4-7H2,1-3H3,(H,14,16)(H,17,18). The summed E-state index contributed by atoms with van der Waals surface area (Å²) < 4.78 is 4.97. The molecule has 0 aliphatic carbocycles. The topological polar surface area (TPSA) is 92.4 Å². The molecule has 0 aliphatic rings. The lowest BCUT2D eigenvalue weighted by Gasteiger charge is -2.12. The summed E-state index contributed by atoms with van der Waals surface area (Å²) in [7, 11) is 0. The summed E-state index contributed by atoms with van der Waals surface area (Å²) in [4.78, 5) is 22.7. The Morgan fingerprint density at radius 1 is 1.42 bits per heavy atom. The van der Waals surface area contributed by atoms with E-state index in [0.29, 0.717) is 17.9 Å². The van der Waals surface area contributed by atoms with Gasteiger partial charge >= 0.3 is 5.97 Å². The normalized spacial score (nSPS) is 12.2. The van der Waals surface area contributed by atoms with Gasteiger partial charge in [-0.25, -0.2) is 0 Å². The Bertz CT molecular complexity index is 434. The molecule has 1 aromatic heterocycles. The van der Waals surface area contributed by atoms with Crippen LogP contribution in [0.3, 0.4) is 0 Å². The zero-order valence-corrected chi connectivity index (χ0v) is 11.5. The van der Waals surface area contributed by atoms with Gasteiger partial charge in [0.05, 0.1) is 18.0 Å². The Morgan fingerprint density at radius 2 is 2.11 bits per heavy atom. The number of nitrogens with zero attached hydrogens (tertiary/aromatic N) is 1. The SMILES string of the molecule is CCCC(CNC(=O)Cc1c(C)noc1C)C(=O)O. The predicted octanol–water partition coefficient (Wildman–Crippen LogP) is 1.45. The number of hydrogen-bond acceptors (Lipinski definition) is 4. The van der Waals surface area contributed by atoms with Gasteiger partial charge in [-0.15, -0.1) is 0 Å². The van der Waals surface area contributed by atoms with E-state index in [1.807, 2.05) is 6.92 Å². The van der Waals surface area contributed by atoms with E-state index in [1.165, 1.54) is 0 Å². The summed E-state index contributed by atoms with van der Waals surface area (Å²) in [6, 6.07) is 0. The molecule has 0 radical (unpaired) electrons. The van der Waals surface area contributed by atoms with Crippen LogP contribution in [0.2, 0.25) is 0 Å². The van der Waals surface area contributed by atoms with Crippen molar-refractivity contribution in [2.45, 2.75) is 40.0 Å². The molecule has 6 heteroatoms. The van der Waals surface area contributed by atoms with Crippen LogP contribution < -0.4 is 5.32 Å². The number of amides is 1. The lowest BCUT2D eigenvalue weighted by Crippen LogP contribution is -2.33. The van der Waals surface area contributed by atoms with Gasteiger partial charge in [-0.05, 0) is 20.3 Å². The lowest BCUT2D eigenvalue weighted by molar-refractivity contribution is -0.141. The minimum Gasteiger partial charge on any atom is -0.481 e. The monoisotopic (exact) mass is 268 g/mol. The van der Waals surface area contributed by atoms with Gasteiger partial charge in [0.1, 0.15) is 5.76 Å². The molecule has 0 bridgehead atoms. The zero-order valence-electron chi connectivity index (χ0n) is 11.5. The van der Waals surface area contributed by atoms with Crippen LogP contribution in [-0.4, -0.2) is 28.7 Å². The molecule has 0 saturated carbocycles. The van der Waals surface area contributed by atoms with E-state index in [9.17, 15) is 9.59 Å². The molecule has 0 aliphatic heterocycles. The maximum absolute atomic E-state index is 11.8. The van der Waals surface area contributed by atoms with Crippen LogP contribution in [0.15, 0.2) is 4.52 Å². The third-order valence-electron chi connectivity index (χ3n) is 3.05. The number of rotatable bonds is 7. The molecule has 1 heterocycles. The molecule has 0 fully saturated rings. The van der Waals surface area contributed by atoms with Gasteiger partial charge in [0, 0.05) is 12.1 Å². The largest absolute Gasteiger partial charge is 0.481 e. The molecule has 6 nitrogen and oxygen atoms in total. The maximum atomic E-state index is 11.8. The molecule has 106 valence electrons. The first-order chi connectivity index (χ1) is 8.95. The molecule has 0 saturated heterocycles. The van der Waals surface area contributed by atoms with Crippen molar-refractivity contribution in [1.82, 2.24) is 10.5 Å². The van der Waals surface area contributed by atoms with Crippen LogP contribution in [0, 0.1) is 19.8 Å². The van der Waals surface area contributed by atoms with Crippen molar-refractivity contribution in [3.8, 4) is 0 Å². The minimum absolute atomic E-state index is 0.158. The fourth-order valence-corrected chi connectivity index (χ4v) is 1.88. The maximum Gasteiger partial charge on any atom is 0.308 e. The summed E-state index contributed by atoms with van der Waals surface area (Å²) in [6.45, 7) is 5.60. The summed E-state index contributed by atoms with van der Waals surface area (Å²) >= 11 is 0. The van der Waals surface area contributed by atoms with E-state index in [2.05, 4.69) is 10.5 Å². The van der Waals surface area contributed by atoms with Crippen molar-refractivity contribution in [2.75, 3.05) is 6.54 Å². The van der Waals surface area contributed by atoms with E-state index in [-0.39, 0.29) is 18.9 Å². The number of hydrogen-bond donors (Lipinski definition) is 2. The van der Waals surface area contributed by atoms with Gasteiger partial charge in [0.2, 0.25) is 5.91 Å². The Balaban J connectivity index is 2.50. The van der Waals surface area contributed by atoms with Gasteiger partial charge in [-0.1, -0.05) is 18.5 Å². The first-order valence-corrected chi connectivity index (χ1v) is 6.37. The molecule has 19 heavy (non-hydrogen) atoms. The van der Waals surface area contributed by atoms with Crippen LogP contribution in [0.1, 0.15) is 36.8 Å². The second kappa shape index (κ2) is 6.92. The Hall–Kier alpha value is -1.85. The third-order valence-corrected chi connectivity index (χ3v) is 3.05. The second-order valence-corrected chi connectivity index (χ2v) is 4.61. The van der Waals surface area contributed by atoms with Crippen LogP contribution in [0.4, 0.5) is 0 Å². The molecular weight excluding hydrogens is 248 g/mol. The molecular formula is C13H20N2O4. The molecule has 1 unspecified atom stereocenters. The van der Waals surface area contributed by atoms with E-state index in [1.54, 1.807) is 13.8 Å². The van der Waals surface area contributed by atoms with Gasteiger partial charge < -0.3 is 14.9 Å². The summed E-state index contributed by atoms with van der Waals surface area (Å²) in [5, 5.41) is 15.4. The van der Waals surface area contributed by atoms with Crippen LogP contribution in [0.5, 0.6) is 0 Å². The molecule has 1 rings (SSSR count). The lowest BCUT2D eigenvalue weighted by atomic mass is 10.0. The smallest absolute Gasteiger partial charge is 0.308 e. The van der Waals surface area contributed by atoms with Crippen molar-refractivity contribution in [3.05, 3.63) is 17.0 Å². The number of carboxylic acids is 1. The number of aromatic nitrogens is 1. The molecule has 1 aromatic rings. The van der Waals surface area contributed by atoms with E-state index in [4.69, 9.17) is 9.63 Å². The average Bonchev–Trinajstić information content (AvgIpc) is 2.66. The number of aliphatic carboxylic acids is 1. The van der Waals surface area contributed by atoms with Gasteiger partial charge in [0.25, 0.3) is 0 Å². The summed E-state index contributed by atoms with van der Waals surface area (Å²) in [6.07, 6.45) is 1.50. The van der Waals surface area contributed by atoms with Crippen LogP contribution >= 0.6 is 0 Å². The second-order valence-electron chi connectivity index (χ2n) is 4.61. The first kappa shape index (κ1) is 15.2. The fourth-order valence-electron chi connectivity index (χ4n) is 1.88. The molecule has 0 aromatic carbocycles. The molecule has 2 N–H and O–H groups in total. The van der Waals surface area contributed by atoms with E-state index in [0.717, 1.165) is 12.0 Å². The van der Waals surface area contributed by atoms with Crippen molar-refractivity contribution in [1.29, 1.82) is 0 Å². The van der Waals surface area contributed by atoms with E-state index >= 15 is 0 Å². The van der Waals surface area contributed by atoms with Crippen LogP contribution in [-0.2, 0) is 16.0 Å². The summed E-state index contributed by atoms with van der Waals surface area (Å²) in [5.41, 5.74) is 1.45. The Morgan fingerprint density at radius 3 is 2.58 bits per heavy atom. The number of nitrogens with one attached hydrogen (secondary N) is 1.